The summed E-state index contributed by atoms with van der Waals surface area (Å²) in [6.07, 6.45) is 3.42. The number of carbonyl (C=O) groups is 2. The van der Waals surface area contributed by atoms with Crippen LogP contribution in [0.5, 0.6) is 11.5 Å². The van der Waals surface area contributed by atoms with E-state index >= 15 is 0 Å². The van der Waals surface area contributed by atoms with Gasteiger partial charge in [-0.1, -0.05) is 38.1 Å². The molecule has 0 aromatic heterocycles. The van der Waals surface area contributed by atoms with Crippen LogP contribution in [0.25, 0.3) is 0 Å². The zero-order valence-electron chi connectivity index (χ0n) is 18.0. The van der Waals surface area contributed by atoms with E-state index in [1.165, 1.54) is 11.1 Å². The Morgan fingerprint density at radius 3 is 2.74 bits per heavy atom. The quantitative estimate of drug-likeness (QED) is 0.817. The molecule has 31 heavy (non-hydrogen) atoms. The number of ether oxygens (including phenoxy) is 2. The average molecular weight is 421 g/mol. The van der Waals surface area contributed by atoms with E-state index in [1.807, 2.05) is 6.07 Å². The van der Waals surface area contributed by atoms with Gasteiger partial charge in [0.05, 0.1) is 6.04 Å². The Balaban J connectivity index is 1.33. The molecule has 1 aliphatic carbocycles. The molecular formula is C25H28N2O4. The summed E-state index contributed by atoms with van der Waals surface area (Å²) < 4.78 is 10.7. The Morgan fingerprint density at radius 1 is 1.06 bits per heavy atom. The molecule has 0 spiro atoms. The molecule has 1 fully saturated rings. The van der Waals surface area contributed by atoms with Gasteiger partial charge < -0.3 is 19.7 Å². The molecule has 0 radical (unpaired) electrons. The van der Waals surface area contributed by atoms with Crippen molar-refractivity contribution in [3.8, 4) is 11.5 Å². The molecule has 0 saturated carbocycles. The highest BCUT2D eigenvalue weighted by molar-refractivity contribution is 5.98. The van der Waals surface area contributed by atoms with E-state index in [1.54, 1.807) is 23.1 Å². The van der Waals surface area contributed by atoms with Gasteiger partial charge in [-0.15, -0.1) is 0 Å². The van der Waals surface area contributed by atoms with Crippen LogP contribution in [-0.4, -0.2) is 36.1 Å². The molecule has 5 rings (SSSR count). The van der Waals surface area contributed by atoms with E-state index in [2.05, 4.69) is 37.4 Å². The minimum Gasteiger partial charge on any atom is -0.454 e. The number of rotatable bonds is 3. The topological polar surface area (TPSA) is 67.9 Å². The summed E-state index contributed by atoms with van der Waals surface area (Å²) in [7, 11) is 0. The molecule has 0 bridgehead atoms. The van der Waals surface area contributed by atoms with Crippen molar-refractivity contribution < 1.29 is 19.1 Å². The van der Waals surface area contributed by atoms with Crippen molar-refractivity contribution in [2.45, 2.75) is 57.0 Å². The van der Waals surface area contributed by atoms with Crippen molar-refractivity contribution in [1.29, 1.82) is 0 Å². The summed E-state index contributed by atoms with van der Waals surface area (Å²) in [5, 5.41) is 3.26. The van der Waals surface area contributed by atoms with Crippen molar-refractivity contribution in [3.05, 3.63) is 59.2 Å². The third-order valence-corrected chi connectivity index (χ3v) is 6.88. The van der Waals surface area contributed by atoms with Gasteiger partial charge in [0.25, 0.3) is 5.91 Å². The first kappa shape index (κ1) is 19.9. The van der Waals surface area contributed by atoms with E-state index in [4.69, 9.17) is 9.47 Å². The van der Waals surface area contributed by atoms with Gasteiger partial charge in [-0.05, 0) is 60.4 Å². The number of carbonyl (C=O) groups excluding carboxylic acids is 2. The van der Waals surface area contributed by atoms with Crippen LogP contribution in [0.15, 0.2) is 42.5 Å². The predicted octanol–water partition coefficient (Wildman–Crippen LogP) is 3.95. The van der Waals surface area contributed by atoms with Crippen molar-refractivity contribution in [3.63, 3.8) is 0 Å². The molecule has 2 amide bonds. The highest BCUT2D eigenvalue weighted by Crippen LogP contribution is 2.41. The highest BCUT2D eigenvalue weighted by atomic mass is 16.7. The Bertz CT molecular complexity index is 1030. The van der Waals surface area contributed by atoms with Gasteiger partial charge in [0.1, 0.15) is 6.04 Å². The first-order chi connectivity index (χ1) is 14.9. The van der Waals surface area contributed by atoms with Crippen LogP contribution >= 0.6 is 0 Å². The van der Waals surface area contributed by atoms with Crippen molar-refractivity contribution in [2.75, 3.05) is 13.3 Å². The number of benzene rings is 2. The van der Waals surface area contributed by atoms with Gasteiger partial charge in [0.2, 0.25) is 12.7 Å². The van der Waals surface area contributed by atoms with Crippen LogP contribution in [-0.2, 0) is 10.2 Å². The molecule has 6 heteroatoms. The smallest absolute Gasteiger partial charge is 0.254 e. The molecule has 162 valence electrons. The van der Waals surface area contributed by atoms with E-state index in [9.17, 15) is 9.59 Å². The van der Waals surface area contributed by atoms with Gasteiger partial charge in [0, 0.05) is 12.1 Å². The summed E-state index contributed by atoms with van der Waals surface area (Å²) in [5.74, 6) is 1.02. The summed E-state index contributed by atoms with van der Waals surface area (Å²) in [5.41, 5.74) is 3.12. The fourth-order valence-corrected chi connectivity index (χ4v) is 5.11. The van der Waals surface area contributed by atoms with E-state index in [0.29, 0.717) is 30.0 Å². The number of hydrogen-bond acceptors (Lipinski definition) is 4. The minimum atomic E-state index is -0.444. The second-order valence-electron chi connectivity index (χ2n) is 9.30. The number of fused-ring (bicyclic) bond motifs is 2. The summed E-state index contributed by atoms with van der Waals surface area (Å²) >= 11 is 0. The molecule has 2 heterocycles. The van der Waals surface area contributed by atoms with Gasteiger partial charge >= 0.3 is 0 Å². The minimum absolute atomic E-state index is 0.0141. The molecule has 2 aliphatic heterocycles. The lowest BCUT2D eigenvalue weighted by molar-refractivity contribution is -0.125. The SMILES string of the molecule is CC1(C)CCC(NC(=O)C2CCCN2C(=O)c2ccc3c(c2)OCO3)c2ccccc21. The first-order valence-electron chi connectivity index (χ1n) is 11.0. The maximum absolute atomic E-state index is 13.3. The molecule has 2 aromatic rings. The summed E-state index contributed by atoms with van der Waals surface area (Å²) in [6.45, 7) is 5.26. The maximum Gasteiger partial charge on any atom is 0.254 e. The van der Waals surface area contributed by atoms with Crippen LogP contribution in [0.1, 0.15) is 67.1 Å². The zero-order chi connectivity index (χ0) is 21.6. The van der Waals surface area contributed by atoms with Crippen molar-refractivity contribution in [2.24, 2.45) is 0 Å². The van der Waals surface area contributed by atoms with Gasteiger partial charge in [0.15, 0.2) is 11.5 Å². The summed E-state index contributed by atoms with van der Waals surface area (Å²) in [4.78, 5) is 28.2. The molecule has 2 unspecified atom stereocenters. The third-order valence-electron chi connectivity index (χ3n) is 6.88. The Labute approximate surface area is 182 Å². The molecule has 1 N–H and O–H groups in total. The molecular weight excluding hydrogens is 392 g/mol. The lowest BCUT2D eigenvalue weighted by atomic mass is 9.71. The number of likely N-dealkylation sites (tertiary alicyclic amines) is 1. The molecule has 2 atom stereocenters. The largest absolute Gasteiger partial charge is 0.454 e. The van der Waals surface area contributed by atoms with Crippen LogP contribution in [0.4, 0.5) is 0 Å². The monoisotopic (exact) mass is 420 g/mol. The predicted molar refractivity (Wildman–Crippen MR) is 116 cm³/mol. The van der Waals surface area contributed by atoms with Crippen LogP contribution < -0.4 is 14.8 Å². The number of nitrogens with one attached hydrogen (secondary N) is 1. The Kier molecular flexibility index (Phi) is 4.88. The third kappa shape index (κ3) is 3.54. The normalized spacial score (nSPS) is 23.4. The molecule has 3 aliphatic rings. The van der Waals surface area contributed by atoms with Gasteiger partial charge in [-0.25, -0.2) is 0 Å². The fourth-order valence-electron chi connectivity index (χ4n) is 5.11. The first-order valence-corrected chi connectivity index (χ1v) is 11.0. The van der Waals surface area contributed by atoms with E-state index in [-0.39, 0.29) is 30.1 Å². The van der Waals surface area contributed by atoms with Gasteiger partial charge in [-0.3, -0.25) is 9.59 Å². The lowest BCUT2D eigenvalue weighted by Crippen LogP contribution is -2.47. The van der Waals surface area contributed by atoms with Crippen LogP contribution in [0, 0.1) is 0 Å². The number of amides is 2. The van der Waals surface area contributed by atoms with E-state index < -0.39 is 6.04 Å². The molecule has 2 aromatic carbocycles. The number of nitrogens with zero attached hydrogens (tertiary/aromatic N) is 1. The molecule has 1 saturated heterocycles. The van der Waals surface area contributed by atoms with Crippen LogP contribution in [0.3, 0.4) is 0 Å². The Morgan fingerprint density at radius 2 is 1.87 bits per heavy atom. The maximum atomic E-state index is 13.3. The zero-order valence-corrected chi connectivity index (χ0v) is 18.0. The summed E-state index contributed by atoms with van der Waals surface area (Å²) in [6, 6.07) is 13.1. The average Bonchev–Trinajstić information content (AvgIpc) is 3.44. The highest BCUT2D eigenvalue weighted by Gasteiger charge is 2.38. The van der Waals surface area contributed by atoms with Crippen molar-refractivity contribution >= 4 is 11.8 Å². The standard InChI is InChI=1S/C25H28N2O4/c1-25(2)12-11-19(17-6-3-4-7-18(17)25)26-23(28)20-8-5-13-27(20)24(29)16-9-10-21-22(14-16)31-15-30-21/h3-4,6-7,9-10,14,19-20H,5,8,11-13,15H2,1-2H3,(H,26,28). The second-order valence-corrected chi connectivity index (χ2v) is 9.30. The second kappa shape index (κ2) is 7.59. The van der Waals surface area contributed by atoms with Gasteiger partial charge in [-0.2, -0.15) is 0 Å². The molecule has 6 nitrogen and oxygen atoms in total. The Hall–Kier alpha value is -3.02. The number of hydrogen-bond donors (Lipinski definition) is 1. The van der Waals surface area contributed by atoms with Crippen molar-refractivity contribution in [1.82, 2.24) is 10.2 Å². The van der Waals surface area contributed by atoms with Crippen LogP contribution in [0.2, 0.25) is 0 Å². The van der Waals surface area contributed by atoms with E-state index in [0.717, 1.165) is 19.3 Å². The fraction of sp³-hybridized carbons (Fsp3) is 0.440. The lowest BCUT2D eigenvalue weighted by Gasteiger charge is -2.38.